The summed E-state index contributed by atoms with van der Waals surface area (Å²) < 4.78 is 1.99. The SMILES string of the molecule is CC(C)(C)c1ccc(-c2nnc3n2NCCS3)cc1. The number of fused-ring (bicyclic) bond motifs is 1. The fraction of sp³-hybridized carbons (Fsp3) is 0.429. The van der Waals surface area contributed by atoms with Crippen molar-refractivity contribution in [2.45, 2.75) is 31.3 Å². The predicted octanol–water partition coefficient (Wildman–Crippen LogP) is 2.89. The summed E-state index contributed by atoms with van der Waals surface area (Å²) in [5.74, 6) is 1.93. The summed E-state index contributed by atoms with van der Waals surface area (Å²) in [5, 5.41) is 9.45. The molecule has 0 amide bonds. The summed E-state index contributed by atoms with van der Waals surface area (Å²) in [7, 11) is 0. The van der Waals surface area contributed by atoms with E-state index < -0.39 is 0 Å². The van der Waals surface area contributed by atoms with Crippen molar-refractivity contribution in [2.24, 2.45) is 0 Å². The third-order valence-electron chi connectivity index (χ3n) is 3.25. The predicted molar refractivity (Wildman–Crippen MR) is 79.1 cm³/mol. The summed E-state index contributed by atoms with van der Waals surface area (Å²) in [6, 6.07) is 8.59. The van der Waals surface area contributed by atoms with E-state index in [0.29, 0.717) is 0 Å². The Labute approximate surface area is 117 Å². The molecule has 1 aliphatic heterocycles. The fourth-order valence-electron chi connectivity index (χ4n) is 2.11. The summed E-state index contributed by atoms with van der Waals surface area (Å²) in [6.07, 6.45) is 0. The van der Waals surface area contributed by atoms with Crippen molar-refractivity contribution < 1.29 is 0 Å². The molecule has 0 atom stereocenters. The van der Waals surface area contributed by atoms with E-state index in [2.05, 4.69) is 60.7 Å². The van der Waals surface area contributed by atoms with Gasteiger partial charge in [0.05, 0.1) is 0 Å². The normalized spacial score (nSPS) is 14.9. The van der Waals surface area contributed by atoms with E-state index >= 15 is 0 Å². The molecule has 0 saturated heterocycles. The Balaban J connectivity index is 1.97. The van der Waals surface area contributed by atoms with E-state index in [-0.39, 0.29) is 5.41 Å². The first-order chi connectivity index (χ1) is 9.05. The fourth-order valence-corrected chi connectivity index (χ4v) is 2.87. The number of benzene rings is 1. The van der Waals surface area contributed by atoms with Crippen LogP contribution in [0.3, 0.4) is 0 Å². The zero-order chi connectivity index (χ0) is 13.5. The van der Waals surface area contributed by atoms with Gasteiger partial charge in [-0.2, -0.15) is 0 Å². The van der Waals surface area contributed by atoms with Crippen LogP contribution in [-0.4, -0.2) is 27.2 Å². The Morgan fingerprint density at radius 3 is 2.58 bits per heavy atom. The number of nitrogens with one attached hydrogen (secondary N) is 1. The lowest BCUT2D eigenvalue weighted by Crippen LogP contribution is -2.23. The lowest BCUT2D eigenvalue weighted by atomic mass is 9.87. The average molecular weight is 274 g/mol. The Morgan fingerprint density at radius 1 is 1.16 bits per heavy atom. The minimum absolute atomic E-state index is 0.177. The van der Waals surface area contributed by atoms with E-state index in [1.54, 1.807) is 11.8 Å². The van der Waals surface area contributed by atoms with Crippen LogP contribution in [0.1, 0.15) is 26.3 Å². The van der Waals surface area contributed by atoms with Crippen LogP contribution in [0.5, 0.6) is 0 Å². The second-order valence-electron chi connectivity index (χ2n) is 5.73. The largest absolute Gasteiger partial charge is 0.321 e. The molecule has 0 aliphatic carbocycles. The molecular formula is C14H18N4S. The molecule has 0 bridgehead atoms. The van der Waals surface area contributed by atoms with Crippen LogP contribution in [0, 0.1) is 0 Å². The number of hydrogen-bond acceptors (Lipinski definition) is 4. The lowest BCUT2D eigenvalue weighted by molar-refractivity contribution is 0.590. The van der Waals surface area contributed by atoms with Crippen LogP contribution < -0.4 is 5.43 Å². The van der Waals surface area contributed by atoms with Crippen molar-refractivity contribution in [1.82, 2.24) is 14.9 Å². The molecule has 100 valence electrons. The smallest absolute Gasteiger partial charge is 0.210 e. The van der Waals surface area contributed by atoms with Gasteiger partial charge in [0.1, 0.15) is 0 Å². The van der Waals surface area contributed by atoms with Crippen molar-refractivity contribution >= 4 is 11.8 Å². The van der Waals surface area contributed by atoms with Gasteiger partial charge in [-0.25, -0.2) is 4.68 Å². The van der Waals surface area contributed by atoms with Gasteiger partial charge < -0.3 is 5.43 Å². The third kappa shape index (κ3) is 2.34. The average Bonchev–Trinajstić information content (AvgIpc) is 2.82. The molecule has 0 spiro atoms. The van der Waals surface area contributed by atoms with Gasteiger partial charge in [0.2, 0.25) is 5.16 Å². The van der Waals surface area contributed by atoms with Crippen LogP contribution in [0.2, 0.25) is 0 Å². The second-order valence-corrected chi connectivity index (χ2v) is 6.79. The molecule has 0 radical (unpaired) electrons. The topological polar surface area (TPSA) is 42.7 Å². The Morgan fingerprint density at radius 2 is 1.89 bits per heavy atom. The van der Waals surface area contributed by atoms with Gasteiger partial charge in [-0.05, 0) is 11.0 Å². The molecule has 19 heavy (non-hydrogen) atoms. The van der Waals surface area contributed by atoms with E-state index in [1.165, 1.54) is 5.56 Å². The van der Waals surface area contributed by atoms with E-state index in [1.807, 2.05) is 4.68 Å². The quantitative estimate of drug-likeness (QED) is 0.868. The molecular weight excluding hydrogens is 256 g/mol. The first-order valence-corrected chi connectivity index (χ1v) is 7.47. The first kappa shape index (κ1) is 12.5. The summed E-state index contributed by atoms with van der Waals surface area (Å²) >= 11 is 1.74. The molecule has 0 saturated carbocycles. The van der Waals surface area contributed by atoms with Gasteiger partial charge in [0.15, 0.2) is 5.82 Å². The van der Waals surface area contributed by atoms with Crippen molar-refractivity contribution in [3.8, 4) is 11.4 Å². The highest BCUT2D eigenvalue weighted by molar-refractivity contribution is 7.99. The van der Waals surface area contributed by atoms with E-state index in [9.17, 15) is 0 Å². The Hall–Kier alpha value is -1.49. The Bertz CT molecular complexity index is 580. The molecule has 2 heterocycles. The molecule has 1 aromatic heterocycles. The van der Waals surface area contributed by atoms with Crippen molar-refractivity contribution in [2.75, 3.05) is 17.7 Å². The van der Waals surface area contributed by atoms with Crippen LogP contribution in [0.4, 0.5) is 0 Å². The summed E-state index contributed by atoms with van der Waals surface area (Å²) in [5.41, 5.74) is 5.93. The highest BCUT2D eigenvalue weighted by Crippen LogP contribution is 2.27. The van der Waals surface area contributed by atoms with Gasteiger partial charge in [0.25, 0.3) is 0 Å². The number of aromatic nitrogens is 3. The first-order valence-electron chi connectivity index (χ1n) is 6.49. The summed E-state index contributed by atoms with van der Waals surface area (Å²) in [4.78, 5) is 0. The molecule has 1 aliphatic rings. The van der Waals surface area contributed by atoms with Gasteiger partial charge in [0, 0.05) is 17.9 Å². The maximum absolute atomic E-state index is 4.29. The van der Waals surface area contributed by atoms with E-state index in [4.69, 9.17) is 0 Å². The third-order valence-corrected chi connectivity index (χ3v) is 4.18. The molecule has 1 N–H and O–H groups in total. The number of nitrogens with zero attached hydrogens (tertiary/aromatic N) is 3. The van der Waals surface area contributed by atoms with Crippen molar-refractivity contribution in [3.63, 3.8) is 0 Å². The second kappa shape index (κ2) is 4.56. The molecule has 1 aromatic carbocycles. The van der Waals surface area contributed by atoms with Crippen LogP contribution in [-0.2, 0) is 5.41 Å². The van der Waals surface area contributed by atoms with Crippen LogP contribution in [0.25, 0.3) is 11.4 Å². The standard InChI is InChI=1S/C14H18N4S/c1-14(2,3)11-6-4-10(5-7-11)12-16-17-13-18(12)15-8-9-19-13/h4-7,15H,8-9H2,1-3H3. The Kier molecular flexibility index (Phi) is 3.01. The van der Waals surface area contributed by atoms with Crippen molar-refractivity contribution in [1.29, 1.82) is 0 Å². The molecule has 3 rings (SSSR count). The summed E-state index contributed by atoms with van der Waals surface area (Å²) in [6.45, 7) is 7.61. The molecule has 2 aromatic rings. The molecule has 0 fully saturated rings. The van der Waals surface area contributed by atoms with Crippen molar-refractivity contribution in [3.05, 3.63) is 29.8 Å². The van der Waals surface area contributed by atoms with Gasteiger partial charge in [-0.3, -0.25) is 0 Å². The zero-order valence-corrected chi connectivity index (χ0v) is 12.3. The molecule has 5 heteroatoms. The molecule has 0 unspecified atom stereocenters. The zero-order valence-electron chi connectivity index (χ0n) is 11.5. The van der Waals surface area contributed by atoms with Crippen LogP contribution in [0.15, 0.2) is 29.4 Å². The maximum Gasteiger partial charge on any atom is 0.210 e. The number of hydrogen-bond donors (Lipinski definition) is 1. The highest BCUT2D eigenvalue weighted by Gasteiger charge is 2.18. The van der Waals surface area contributed by atoms with Crippen LogP contribution >= 0.6 is 11.8 Å². The monoisotopic (exact) mass is 274 g/mol. The van der Waals surface area contributed by atoms with Gasteiger partial charge >= 0.3 is 0 Å². The van der Waals surface area contributed by atoms with E-state index in [0.717, 1.165) is 28.8 Å². The maximum atomic E-state index is 4.29. The highest BCUT2D eigenvalue weighted by atomic mass is 32.2. The number of thioether (sulfide) groups is 1. The minimum atomic E-state index is 0.177. The lowest BCUT2D eigenvalue weighted by Gasteiger charge is -2.19. The van der Waals surface area contributed by atoms with Gasteiger partial charge in [-0.15, -0.1) is 10.2 Å². The molecule has 4 nitrogen and oxygen atoms in total. The number of rotatable bonds is 1. The minimum Gasteiger partial charge on any atom is -0.321 e. The van der Waals surface area contributed by atoms with Gasteiger partial charge in [-0.1, -0.05) is 56.8 Å².